The highest BCUT2D eigenvalue weighted by Gasteiger charge is 2.48. The highest BCUT2D eigenvalue weighted by Crippen LogP contribution is 2.38. The maximum absolute atomic E-state index is 16.5. The fourth-order valence-corrected chi connectivity index (χ4v) is 6.90. The summed E-state index contributed by atoms with van der Waals surface area (Å²) in [5.74, 6) is -1.86. The van der Waals surface area contributed by atoms with Gasteiger partial charge in [-0.3, -0.25) is 19.7 Å². The van der Waals surface area contributed by atoms with Gasteiger partial charge in [0.15, 0.2) is 11.6 Å². The average molecular weight is 616 g/mol. The normalized spacial score (nSPS) is 21.6. The molecule has 0 saturated carbocycles. The smallest absolute Gasteiger partial charge is 0.319 e. The van der Waals surface area contributed by atoms with E-state index in [4.69, 9.17) is 14.5 Å². The number of amides is 1. The van der Waals surface area contributed by atoms with Crippen LogP contribution in [0.25, 0.3) is 32.9 Å². The zero-order chi connectivity index (χ0) is 31.3. The van der Waals surface area contributed by atoms with Crippen LogP contribution in [0.15, 0.2) is 49.2 Å². The molecule has 0 aliphatic carbocycles. The first-order chi connectivity index (χ1) is 21.7. The molecular formula is C33H35F2N7O3. The Labute approximate surface area is 259 Å². The Kier molecular flexibility index (Phi) is 7.57. The van der Waals surface area contributed by atoms with Crippen molar-refractivity contribution >= 4 is 33.4 Å². The molecule has 3 aliphatic rings. The second-order valence-electron chi connectivity index (χ2n) is 12.3. The third kappa shape index (κ3) is 5.35. The van der Waals surface area contributed by atoms with Crippen molar-refractivity contribution in [2.45, 2.75) is 38.3 Å². The Hall–Kier alpha value is -4.29. The zero-order valence-corrected chi connectivity index (χ0v) is 25.4. The molecule has 0 unspecified atom stereocenters. The largest absolute Gasteiger partial charge is 0.463 e. The molecule has 3 aliphatic heterocycles. The van der Waals surface area contributed by atoms with Crippen molar-refractivity contribution in [1.29, 1.82) is 0 Å². The van der Waals surface area contributed by atoms with Crippen LogP contribution in [-0.4, -0.2) is 99.8 Å². The fourth-order valence-electron chi connectivity index (χ4n) is 6.90. The maximum atomic E-state index is 16.5. The molecular weight excluding hydrogens is 580 g/mol. The monoisotopic (exact) mass is 615 g/mol. The number of ether oxygens (including phenoxy) is 2. The molecule has 0 radical (unpaired) electrons. The Morgan fingerprint density at radius 1 is 1.18 bits per heavy atom. The number of halogens is 2. The van der Waals surface area contributed by atoms with E-state index >= 15 is 4.39 Å². The summed E-state index contributed by atoms with van der Waals surface area (Å²) in [7, 11) is 0. The van der Waals surface area contributed by atoms with Crippen LogP contribution in [0.2, 0.25) is 0 Å². The number of piperazine rings is 1. The number of anilines is 1. The molecule has 0 N–H and O–H groups in total. The first-order valence-electron chi connectivity index (χ1n) is 15.3. The van der Waals surface area contributed by atoms with Crippen LogP contribution in [-0.2, 0) is 9.53 Å². The number of pyridine rings is 2. The van der Waals surface area contributed by atoms with E-state index < -0.39 is 17.6 Å². The summed E-state index contributed by atoms with van der Waals surface area (Å²) in [6.45, 7) is 11.4. The van der Waals surface area contributed by atoms with Crippen molar-refractivity contribution < 1.29 is 23.0 Å². The van der Waals surface area contributed by atoms with Crippen LogP contribution >= 0.6 is 0 Å². The standard InChI is InChI=1S/C33H35F2N7O3/c1-20-6-4-7-22-15-36-16-24(26(20)22)28-27(35)29-25(17-37-28)30(40-9-11-41(12-10-40)31(43)21(2)34)39-32(38-29)44-13-5-8-42-18-23-14-33(42,3)19-45-23/h4,6-7,15-17,23H,2,5,8-14,18-19H2,1,3H3/t23-,33-/m0/s1. The number of benzene rings is 1. The lowest BCUT2D eigenvalue weighted by Crippen LogP contribution is -2.49. The summed E-state index contributed by atoms with van der Waals surface area (Å²) in [4.78, 5) is 36.1. The predicted molar refractivity (Wildman–Crippen MR) is 166 cm³/mol. The van der Waals surface area contributed by atoms with Crippen LogP contribution < -0.4 is 9.64 Å². The minimum absolute atomic E-state index is 0.0638. The van der Waals surface area contributed by atoms with Crippen LogP contribution in [0, 0.1) is 12.7 Å². The Morgan fingerprint density at radius 3 is 2.73 bits per heavy atom. The number of nitrogens with zero attached hydrogens (tertiary/aromatic N) is 7. The summed E-state index contributed by atoms with van der Waals surface area (Å²) in [5, 5.41) is 2.18. The van der Waals surface area contributed by atoms with Gasteiger partial charge in [0.05, 0.1) is 24.7 Å². The molecule has 45 heavy (non-hydrogen) atoms. The fraction of sp³-hybridized carbons (Fsp3) is 0.424. The highest BCUT2D eigenvalue weighted by molar-refractivity contribution is 6.00. The van der Waals surface area contributed by atoms with E-state index in [2.05, 4.69) is 33.4 Å². The van der Waals surface area contributed by atoms with Gasteiger partial charge in [-0.2, -0.15) is 9.97 Å². The summed E-state index contributed by atoms with van der Waals surface area (Å²) in [6, 6.07) is 5.91. The van der Waals surface area contributed by atoms with Gasteiger partial charge in [0.25, 0.3) is 5.91 Å². The predicted octanol–water partition coefficient (Wildman–Crippen LogP) is 4.45. The average Bonchev–Trinajstić information content (AvgIpc) is 3.58. The third-order valence-corrected chi connectivity index (χ3v) is 9.28. The molecule has 6 heterocycles. The van der Waals surface area contributed by atoms with Gasteiger partial charge in [0, 0.05) is 74.3 Å². The Morgan fingerprint density at radius 2 is 2.00 bits per heavy atom. The summed E-state index contributed by atoms with van der Waals surface area (Å²) in [5.41, 5.74) is 1.85. The van der Waals surface area contributed by atoms with Gasteiger partial charge in [0.2, 0.25) is 0 Å². The van der Waals surface area contributed by atoms with Gasteiger partial charge in [-0.15, -0.1) is 0 Å². The molecule has 3 saturated heterocycles. The van der Waals surface area contributed by atoms with E-state index in [1.807, 2.05) is 30.0 Å². The molecule has 7 rings (SSSR count). The van der Waals surface area contributed by atoms with Crippen molar-refractivity contribution in [2.24, 2.45) is 0 Å². The number of morpholine rings is 1. The molecule has 3 aromatic heterocycles. The van der Waals surface area contributed by atoms with Gasteiger partial charge in [0.1, 0.15) is 17.0 Å². The lowest BCUT2D eigenvalue weighted by molar-refractivity contribution is -0.128. The molecule has 4 aromatic rings. The number of fused-ring (bicyclic) bond motifs is 4. The van der Waals surface area contributed by atoms with E-state index in [0.717, 1.165) is 48.9 Å². The van der Waals surface area contributed by atoms with Crippen molar-refractivity contribution in [2.75, 3.05) is 57.4 Å². The minimum atomic E-state index is -0.994. The molecule has 1 amide bonds. The second kappa shape index (κ2) is 11.6. The van der Waals surface area contributed by atoms with Gasteiger partial charge in [-0.05, 0) is 37.6 Å². The van der Waals surface area contributed by atoms with Crippen molar-refractivity contribution in [3.05, 3.63) is 60.6 Å². The van der Waals surface area contributed by atoms with Crippen LogP contribution in [0.4, 0.5) is 14.6 Å². The minimum Gasteiger partial charge on any atom is -0.463 e. The van der Waals surface area contributed by atoms with Gasteiger partial charge in [-0.25, -0.2) is 8.78 Å². The Balaban J connectivity index is 1.21. The quantitative estimate of drug-likeness (QED) is 0.210. The summed E-state index contributed by atoms with van der Waals surface area (Å²) < 4.78 is 41.9. The zero-order valence-electron chi connectivity index (χ0n) is 25.4. The number of rotatable bonds is 8. The molecule has 10 nitrogen and oxygen atoms in total. The summed E-state index contributed by atoms with van der Waals surface area (Å²) >= 11 is 0. The maximum Gasteiger partial charge on any atom is 0.319 e. The number of hydrogen-bond donors (Lipinski definition) is 0. The SMILES string of the molecule is C=C(F)C(=O)N1CCN(c2nc(OCCCN3C[C@@H]4C[C@@]3(C)CO4)nc3c(F)c(-c4cncc5cccc(C)c45)ncc23)CC1. The van der Waals surface area contributed by atoms with E-state index in [0.29, 0.717) is 42.6 Å². The molecule has 0 spiro atoms. The van der Waals surface area contributed by atoms with Crippen LogP contribution in [0.1, 0.15) is 25.3 Å². The lowest BCUT2D eigenvalue weighted by atomic mass is 10.00. The first-order valence-corrected chi connectivity index (χ1v) is 15.3. The number of carbonyl (C=O) groups excluding carboxylic acids is 1. The summed E-state index contributed by atoms with van der Waals surface area (Å²) in [6.07, 6.45) is 7.05. The van der Waals surface area contributed by atoms with Crippen LogP contribution in [0.5, 0.6) is 6.01 Å². The van der Waals surface area contributed by atoms with Gasteiger partial charge in [-0.1, -0.05) is 24.8 Å². The van der Waals surface area contributed by atoms with E-state index in [1.165, 1.54) is 4.90 Å². The van der Waals surface area contributed by atoms with Gasteiger partial charge >= 0.3 is 6.01 Å². The molecule has 2 bridgehead atoms. The van der Waals surface area contributed by atoms with Crippen molar-refractivity contribution in [1.82, 2.24) is 29.7 Å². The number of hydrogen-bond acceptors (Lipinski definition) is 9. The second-order valence-corrected chi connectivity index (χ2v) is 12.3. The molecule has 2 atom stereocenters. The van der Waals surface area contributed by atoms with E-state index in [1.54, 1.807) is 18.6 Å². The molecule has 1 aromatic carbocycles. The van der Waals surface area contributed by atoms with Crippen molar-refractivity contribution in [3.63, 3.8) is 0 Å². The number of likely N-dealkylation sites (tertiary alicyclic amines) is 1. The first kappa shape index (κ1) is 29.4. The number of aryl methyl sites for hydroxylation is 1. The molecule has 3 fully saturated rings. The topological polar surface area (TPSA) is 96.8 Å². The Bertz CT molecular complexity index is 1810. The molecule has 234 valence electrons. The number of carbonyl (C=O) groups is 1. The van der Waals surface area contributed by atoms with E-state index in [-0.39, 0.29) is 35.8 Å². The third-order valence-electron chi connectivity index (χ3n) is 9.28. The number of aromatic nitrogens is 4. The van der Waals surface area contributed by atoms with Crippen molar-refractivity contribution in [3.8, 4) is 17.3 Å². The molecule has 12 heteroatoms. The lowest BCUT2D eigenvalue weighted by Gasteiger charge is -2.35. The van der Waals surface area contributed by atoms with Crippen LogP contribution in [0.3, 0.4) is 0 Å². The highest BCUT2D eigenvalue weighted by atomic mass is 19.1. The van der Waals surface area contributed by atoms with Gasteiger partial charge < -0.3 is 19.3 Å². The van der Waals surface area contributed by atoms with E-state index in [9.17, 15) is 9.18 Å².